The second kappa shape index (κ2) is 7.28. The van der Waals surface area contributed by atoms with Crippen molar-refractivity contribution in [2.45, 2.75) is 25.4 Å². The minimum atomic E-state index is 0.403. The Morgan fingerprint density at radius 1 is 1.04 bits per heavy atom. The summed E-state index contributed by atoms with van der Waals surface area (Å²) in [7, 11) is 0. The van der Waals surface area contributed by atoms with E-state index < -0.39 is 0 Å². The molecule has 2 aromatic rings. The highest BCUT2D eigenvalue weighted by molar-refractivity contribution is 5.40. The Labute approximate surface area is 143 Å². The fourth-order valence-electron chi connectivity index (χ4n) is 3.73. The van der Waals surface area contributed by atoms with E-state index in [0.29, 0.717) is 6.04 Å². The summed E-state index contributed by atoms with van der Waals surface area (Å²) < 4.78 is 0. The predicted molar refractivity (Wildman–Crippen MR) is 95.9 cm³/mol. The first kappa shape index (κ1) is 15.5. The molecule has 0 spiro atoms. The van der Waals surface area contributed by atoms with Crippen LogP contribution in [0.3, 0.4) is 0 Å². The fraction of sp³-hybridized carbons (Fsp3) is 0.474. The van der Waals surface area contributed by atoms with Crippen LogP contribution in [0.5, 0.6) is 0 Å². The third kappa shape index (κ3) is 3.42. The number of pyridine rings is 2. The van der Waals surface area contributed by atoms with Gasteiger partial charge in [0.15, 0.2) is 0 Å². The summed E-state index contributed by atoms with van der Waals surface area (Å²) in [5.74, 6) is 1.13. The summed E-state index contributed by atoms with van der Waals surface area (Å²) in [4.78, 5) is 13.8. The summed E-state index contributed by atoms with van der Waals surface area (Å²) in [5, 5.41) is 3.51. The Morgan fingerprint density at radius 2 is 1.88 bits per heavy atom. The zero-order chi connectivity index (χ0) is 16.2. The molecule has 0 aromatic carbocycles. The molecule has 2 saturated heterocycles. The highest BCUT2D eigenvalue weighted by atomic mass is 15.2. The molecule has 5 nitrogen and oxygen atoms in total. The molecular formula is C19H25N5. The van der Waals surface area contributed by atoms with Gasteiger partial charge in [0.2, 0.25) is 0 Å². The van der Waals surface area contributed by atoms with Crippen LogP contribution in [-0.2, 0) is 6.54 Å². The van der Waals surface area contributed by atoms with E-state index in [1.54, 1.807) is 0 Å². The van der Waals surface area contributed by atoms with Gasteiger partial charge in [0.25, 0.3) is 0 Å². The fourth-order valence-corrected chi connectivity index (χ4v) is 3.73. The predicted octanol–water partition coefficient (Wildman–Crippen LogP) is 2.22. The second-order valence-corrected chi connectivity index (χ2v) is 6.69. The van der Waals surface area contributed by atoms with Gasteiger partial charge in [-0.05, 0) is 42.2 Å². The lowest BCUT2D eigenvalue weighted by molar-refractivity contribution is 0.153. The lowest BCUT2D eigenvalue weighted by Crippen LogP contribution is -2.45. The molecule has 0 saturated carbocycles. The van der Waals surface area contributed by atoms with Crippen LogP contribution in [0.4, 0.5) is 5.82 Å². The van der Waals surface area contributed by atoms with Crippen molar-refractivity contribution in [3.05, 3.63) is 54.0 Å². The van der Waals surface area contributed by atoms with Crippen molar-refractivity contribution in [1.29, 1.82) is 0 Å². The molecule has 2 aliphatic rings. The Morgan fingerprint density at radius 3 is 2.62 bits per heavy atom. The molecule has 0 aliphatic carbocycles. The smallest absolute Gasteiger partial charge is 0.128 e. The van der Waals surface area contributed by atoms with Gasteiger partial charge in [-0.2, -0.15) is 0 Å². The van der Waals surface area contributed by atoms with E-state index in [9.17, 15) is 0 Å². The molecule has 0 amide bonds. The van der Waals surface area contributed by atoms with Crippen molar-refractivity contribution in [1.82, 2.24) is 20.2 Å². The third-order valence-electron chi connectivity index (χ3n) is 5.07. The first-order valence-electron chi connectivity index (χ1n) is 8.95. The number of hydrogen-bond acceptors (Lipinski definition) is 5. The molecule has 1 unspecified atom stereocenters. The van der Waals surface area contributed by atoms with Gasteiger partial charge in [-0.25, -0.2) is 4.98 Å². The molecule has 2 aromatic heterocycles. The lowest BCUT2D eigenvalue weighted by atomic mass is 10.0. The van der Waals surface area contributed by atoms with Crippen molar-refractivity contribution in [3.63, 3.8) is 0 Å². The van der Waals surface area contributed by atoms with Crippen molar-refractivity contribution in [2.75, 3.05) is 37.6 Å². The van der Waals surface area contributed by atoms with Gasteiger partial charge in [0.05, 0.1) is 0 Å². The SMILES string of the molecule is c1cc(C2CNCCN2Cc2ccc(N3CCCC3)nc2)ccn1. The number of piperazine rings is 1. The Hall–Kier alpha value is -1.98. The summed E-state index contributed by atoms with van der Waals surface area (Å²) in [6, 6.07) is 9.08. The third-order valence-corrected chi connectivity index (χ3v) is 5.07. The first-order valence-corrected chi connectivity index (χ1v) is 8.95. The largest absolute Gasteiger partial charge is 0.357 e. The zero-order valence-electron chi connectivity index (χ0n) is 14.1. The van der Waals surface area contributed by atoms with E-state index >= 15 is 0 Å². The quantitative estimate of drug-likeness (QED) is 0.935. The molecule has 0 radical (unpaired) electrons. The molecule has 0 bridgehead atoms. The van der Waals surface area contributed by atoms with Gasteiger partial charge in [0.1, 0.15) is 5.82 Å². The molecule has 4 rings (SSSR count). The van der Waals surface area contributed by atoms with E-state index in [4.69, 9.17) is 4.98 Å². The van der Waals surface area contributed by atoms with Crippen LogP contribution in [0.2, 0.25) is 0 Å². The highest BCUT2D eigenvalue weighted by Crippen LogP contribution is 2.24. The minimum Gasteiger partial charge on any atom is -0.357 e. The van der Waals surface area contributed by atoms with Crippen LogP contribution < -0.4 is 10.2 Å². The molecule has 2 fully saturated rings. The molecule has 5 heteroatoms. The Bertz CT molecular complexity index is 637. The standard InChI is InChI=1S/C19H25N5/c1-2-11-23(10-1)19-4-3-16(13-22-19)15-24-12-9-21-14-18(24)17-5-7-20-8-6-17/h3-8,13,18,21H,1-2,9-12,14-15H2. The van der Waals surface area contributed by atoms with E-state index in [0.717, 1.165) is 45.1 Å². The summed E-state index contributed by atoms with van der Waals surface area (Å²) >= 11 is 0. The van der Waals surface area contributed by atoms with E-state index in [1.807, 2.05) is 12.4 Å². The maximum absolute atomic E-state index is 4.70. The van der Waals surface area contributed by atoms with E-state index in [-0.39, 0.29) is 0 Å². The van der Waals surface area contributed by atoms with Gasteiger partial charge in [-0.1, -0.05) is 6.07 Å². The minimum absolute atomic E-state index is 0.403. The van der Waals surface area contributed by atoms with E-state index in [2.05, 4.69) is 50.6 Å². The van der Waals surface area contributed by atoms with Crippen molar-refractivity contribution in [2.24, 2.45) is 0 Å². The van der Waals surface area contributed by atoms with Gasteiger partial charge in [0, 0.05) is 63.9 Å². The van der Waals surface area contributed by atoms with Crippen LogP contribution in [0.25, 0.3) is 0 Å². The maximum Gasteiger partial charge on any atom is 0.128 e. The van der Waals surface area contributed by atoms with Gasteiger partial charge in [-0.15, -0.1) is 0 Å². The monoisotopic (exact) mass is 323 g/mol. The molecular weight excluding hydrogens is 298 g/mol. The average Bonchev–Trinajstić information content (AvgIpc) is 3.18. The number of anilines is 1. The molecule has 126 valence electrons. The van der Waals surface area contributed by atoms with Crippen LogP contribution >= 0.6 is 0 Å². The molecule has 4 heterocycles. The average molecular weight is 323 g/mol. The Kier molecular flexibility index (Phi) is 4.71. The zero-order valence-corrected chi connectivity index (χ0v) is 14.1. The topological polar surface area (TPSA) is 44.3 Å². The van der Waals surface area contributed by atoms with Crippen molar-refractivity contribution < 1.29 is 0 Å². The first-order chi connectivity index (χ1) is 11.9. The number of nitrogens with one attached hydrogen (secondary N) is 1. The maximum atomic E-state index is 4.70. The van der Waals surface area contributed by atoms with Gasteiger partial charge in [-0.3, -0.25) is 9.88 Å². The number of aromatic nitrogens is 2. The van der Waals surface area contributed by atoms with Crippen molar-refractivity contribution in [3.8, 4) is 0 Å². The molecule has 1 atom stereocenters. The normalized spacial score (nSPS) is 22.0. The Balaban J connectivity index is 1.46. The summed E-state index contributed by atoms with van der Waals surface area (Å²) in [5.41, 5.74) is 2.62. The lowest BCUT2D eigenvalue weighted by Gasteiger charge is -2.36. The summed E-state index contributed by atoms with van der Waals surface area (Å²) in [6.07, 6.45) is 8.40. The summed E-state index contributed by atoms with van der Waals surface area (Å²) in [6.45, 7) is 6.33. The molecule has 24 heavy (non-hydrogen) atoms. The number of nitrogens with zero attached hydrogens (tertiary/aromatic N) is 4. The number of hydrogen-bond donors (Lipinski definition) is 1. The van der Waals surface area contributed by atoms with Crippen LogP contribution in [0.1, 0.15) is 30.0 Å². The van der Waals surface area contributed by atoms with Crippen LogP contribution in [-0.4, -0.2) is 47.6 Å². The highest BCUT2D eigenvalue weighted by Gasteiger charge is 2.24. The molecule has 2 aliphatic heterocycles. The second-order valence-electron chi connectivity index (χ2n) is 6.69. The van der Waals surface area contributed by atoms with Crippen LogP contribution in [0, 0.1) is 0 Å². The van der Waals surface area contributed by atoms with Gasteiger partial charge < -0.3 is 10.2 Å². The number of rotatable bonds is 4. The van der Waals surface area contributed by atoms with E-state index in [1.165, 1.54) is 24.0 Å². The van der Waals surface area contributed by atoms with Crippen molar-refractivity contribution >= 4 is 5.82 Å². The molecule has 1 N–H and O–H groups in total. The van der Waals surface area contributed by atoms with Crippen LogP contribution in [0.15, 0.2) is 42.9 Å². The van der Waals surface area contributed by atoms with Gasteiger partial charge >= 0.3 is 0 Å².